The van der Waals surface area contributed by atoms with Gasteiger partial charge in [0.15, 0.2) is 0 Å². The number of likely N-dealkylation sites (tertiary alicyclic amines) is 1. The Labute approximate surface area is 99.7 Å². The fraction of sp³-hybridized carbons (Fsp3) is 0.846. The minimum absolute atomic E-state index is 0.175. The van der Waals surface area contributed by atoms with E-state index in [1.165, 1.54) is 0 Å². The first-order chi connectivity index (χ1) is 7.40. The third-order valence-electron chi connectivity index (χ3n) is 3.78. The van der Waals surface area contributed by atoms with E-state index in [2.05, 4.69) is 43.7 Å². The van der Waals surface area contributed by atoms with Crippen molar-refractivity contribution in [2.45, 2.75) is 38.0 Å². The Morgan fingerprint density at radius 2 is 2.19 bits per heavy atom. The Hall–Kier alpha value is -0.560. The zero-order valence-electron chi connectivity index (χ0n) is 11.2. The summed E-state index contributed by atoms with van der Waals surface area (Å²) in [6.45, 7) is 6.17. The van der Waals surface area contributed by atoms with Crippen molar-refractivity contribution in [2.24, 2.45) is 0 Å². The normalized spacial score (nSPS) is 27.3. The van der Waals surface area contributed by atoms with Gasteiger partial charge in [0.1, 0.15) is 0 Å². The number of likely N-dealkylation sites (N-methyl/N-ethyl adjacent to an activating group) is 2. The molecule has 0 spiro atoms. The molecule has 0 bridgehead atoms. The van der Waals surface area contributed by atoms with Gasteiger partial charge in [0, 0.05) is 26.2 Å². The van der Waals surface area contributed by atoms with E-state index < -0.39 is 0 Å². The van der Waals surface area contributed by atoms with Gasteiger partial charge in [0.05, 0.1) is 11.6 Å². The van der Waals surface area contributed by atoms with Crippen LogP contribution in [0.1, 0.15) is 20.3 Å². The molecule has 0 aliphatic carbocycles. The molecule has 1 aliphatic heterocycles. The zero-order valence-corrected chi connectivity index (χ0v) is 11.2. The van der Waals surface area contributed by atoms with Gasteiger partial charge in [-0.25, -0.2) is 0 Å². The van der Waals surface area contributed by atoms with E-state index in [-0.39, 0.29) is 5.54 Å². The lowest BCUT2D eigenvalue weighted by atomic mass is 10.0. The standard InChI is InChI=1S/C13H24N2O/c1-7-13(2,3)15(5)9-11-8-12(16-6)10-14(11)4/h1,11-12H,8-10H2,2-6H3/t11-,12-/m0/s1. The van der Waals surface area contributed by atoms with Crippen LogP contribution in [0.3, 0.4) is 0 Å². The quantitative estimate of drug-likeness (QED) is 0.664. The minimum atomic E-state index is -0.175. The van der Waals surface area contributed by atoms with Crippen LogP contribution in [0.2, 0.25) is 0 Å². The lowest BCUT2D eigenvalue weighted by Gasteiger charge is -2.34. The second kappa shape index (κ2) is 5.18. The molecule has 3 nitrogen and oxygen atoms in total. The zero-order chi connectivity index (χ0) is 12.3. The molecule has 0 aromatic carbocycles. The van der Waals surface area contributed by atoms with Crippen LogP contribution in [0, 0.1) is 12.3 Å². The largest absolute Gasteiger partial charge is 0.380 e. The molecule has 3 heteroatoms. The van der Waals surface area contributed by atoms with Crippen molar-refractivity contribution in [3.8, 4) is 12.3 Å². The molecule has 0 amide bonds. The molecule has 1 aliphatic rings. The second-order valence-corrected chi connectivity index (χ2v) is 5.27. The molecular formula is C13H24N2O. The van der Waals surface area contributed by atoms with E-state index in [9.17, 15) is 0 Å². The number of nitrogens with zero attached hydrogens (tertiary/aromatic N) is 2. The summed E-state index contributed by atoms with van der Waals surface area (Å²) in [7, 11) is 6.03. The maximum atomic E-state index is 5.54. The molecule has 16 heavy (non-hydrogen) atoms. The number of methoxy groups -OCH3 is 1. The second-order valence-electron chi connectivity index (χ2n) is 5.27. The van der Waals surface area contributed by atoms with Gasteiger partial charge in [0.2, 0.25) is 0 Å². The predicted molar refractivity (Wildman–Crippen MR) is 67.4 cm³/mol. The molecule has 1 rings (SSSR count). The van der Waals surface area contributed by atoms with Crippen molar-refractivity contribution in [3.05, 3.63) is 0 Å². The minimum Gasteiger partial charge on any atom is -0.380 e. The Bertz CT molecular complexity index is 270. The van der Waals surface area contributed by atoms with E-state index in [0.717, 1.165) is 19.5 Å². The molecule has 0 radical (unpaired) electrons. The van der Waals surface area contributed by atoms with Gasteiger partial charge in [-0.05, 0) is 34.4 Å². The average Bonchev–Trinajstić information content (AvgIpc) is 2.59. The number of hydrogen-bond donors (Lipinski definition) is 0. The molecule has 0 unspecified atom stereocenters. The van der Waals surface area contributed by atoms with Gasteiger partial charge < -0.3 is 4.74 Å². The summed E-state index contributed by atoms with van der Waals surface area (Å²) in [6, 6.07) is 0.544. The number of ether oxygens (including phenoxy) is 1. The smallest absolute Gasteiger partial charge is 0.0764 e. The number of hydrogen-bond acceptors (Lipinski definition) is 3. The molecule has 1 saturated heterocycles. The van der Waals surface area contributed by atoms with Crippen LogP contribution in [0.25, 0.3) is 0 Å². The monoisotopic (exact) mass is 224 g/mol. The molecular weight excluding hydrogens is 200 g/mol. The van der Waals surface area contributed by atoms with E-state index in [4.69, 9.17) is 11.2 Å². The molecule has 0 saturated carbocycles. The van der Waals surface area contributed by atoms with E-state index >= 15 is 0 Å². The summed E-state index contributed by atoms with van der Waals surface area (Å²) in [5.74, 6) is 2.83. The molecule has 92 valence electrons. The Kier molecular flexibility index (Phi) is 4.37. The van der Waals surface area contributed by atoms with E-state index in [0.29, 0.717) is 12.1 Å². The SMILES string of the molecule is C#CC(C)(C)N(C)C[C@@H]1C[C@H](OC)CN1C. The summed E-state index contributed by atoms with van der Waals surface area (Å²) >= 11 is 0. The van der Waals surface area contributed by atoms with Crippen molar-refractivity contribution < 1.29 is 4.74 Å². The van der Waals surface area contributed by atoms with Gasteiger partial charge in [-0.2, -0.15) is 0 Å². The lowest BCUT2D eigenvalue weighted by molar-refractivity contribution is 0.111. The van der Waals surface area contributed by atoms with Crippen molar-refractivity contribution in [2.75, 3.05) is 34.3 Å². The highest BCUT2D eigenvalue weighted by Crippen LogP contribution is 2.21. The summed E-state index contributed by atoms with van der Waals surface area (Å²) in [5, 5.41) is 0. The van der Waals surface area contributed by atoms with Crippen LogP contribution < -0.4 is 0 Å². The fourth-order valence-electron chi connectivity index (χ4n) is 2.07. The van der Waals surface area contributed by atoms with Crippen molar-refractivity contribution in [1.82, 2.24) is 9.80 Å². The first-order valence-corrected chi connectivity index (χ1v) is 5.82. The maximum Gasteiger partial charge on any atom is 0.0764 e. The molecule has 0 aromatic rings. The number of terminal acetylenes is 1. The summed E-state index contributed by atoms with van der Waals surface area (Å²) < 4.78 is 5.40. The molecule has 2 atom stereocenters. The van der Waals surface area contributed by atoms with E-state index in [1.54, 1.807) is 7.11 Å². The van der Waals surface area contributed by atoms with Crippen LogP contribution in [0.15, 0.2) is 0 Å². The summed E-state index contributed by atoms with van der Waals surface area (Å²) in [4.78, 5) is 4.60. The maximum absolute atomic E-state index is 5.54. The van der Waals surface area contributed by atoms with Gasteiger partial charge in [0.25, 0.3) is 0 Å². The van der Waals surface area contributed by atoms with Crippen molar-refractivity contribution in [1.29, 1.82) is 0 Å². The van der Waals surface area contributed by atoms with Crippen LogP contribution in [0.5, 0.6) is 0 Å². The predicted octanol–water partition coefficient (Wildman–Crippen LogP) is 1.05. The van der Waals surface area contributed by atoms with Crippen LogP contribution in [-0.4, -0.2) is 61.8 Å². The molecule has 1 fully saturated rings. The first-order valence-electron chi connectivity index (χ1n) is 5.82. The topological polar surface area (TPSA) is 15.7 Å². The Morgan fingerprint density at radius 3 is 2.62 bits per heavy atom. The van der Waals surface area contributed by atoms with Crippen LogP contribution in [0.4, 0.5) is 0 Å². The Morgan fingerprint density at radius 1 is 1.56 bits per heavy atom. The highest BCUT2D eigenvalue weighted by molar-refractivity contribution is 5.08. The number of rotatable bonds is 4. The van der Waals surface area contributed by atoms with Gasteiger partial charge in [-0.1, -0.05) is 5.92 Å². The first kappa shape index (κ1) is 13.5. The average molecular weight is 224 g/mol. The summed E-state index contributed by atoms with van der Waals surface area (Å²) in [6.07, 6.45) is 7.01. The van der Waals surface area contributed by atoms with Crippen LogP contribution in [-0.2, 0) is 4.74 Å². The fourth-order valence-corrected chi connectivity index (χ4v) is 2.07. The molecule has 0 N–H and O–H groups in total. The third-order valence-corrected chi connectivity index (χ3v) is 3.78. The van der Waals surface area contributed by atoms with E-state index in [1.807, 2.05) is 0 Å². The van der Waals surface area contributed by atoms with Crippen LogP contribution >= 0.6 is 0 Å². The lowest BCUT2D eigenvalue weighted by Crippen LogP contribution is -2.46. The van der Waals surface area contributed by atoms with Gasteiger partial charge in [-0.3, -0.25) is 9.80 Å². The highest BCUT2D eigenvalue weighted by Gasteiger charge is 2.32. The molecule has 1 heterocycles. The van der Waals surface area contributed by atoms with Gasteiger partial charge >= 0.3 is 0 Å². The highest BCUT2D eigenvalue weighted by atomic mass is 16.5. The van der Waals surface area contributed by atoms with Crippen molar-refractivity contribution in [3.63, 3.8) is 0 Å². The van der Waals surface area contributed by atoms with Gasteiger partial charge in [-0.15, -0.1) is 6.42 Å². The third kappa shape index (κ3) is 2.98. The molecule has 0 aromatic heterocycles. The van der Waals surface area contributed by atoms with Crippen molar-refractivity contribution >= 4 is 0 Å². The Balaban J connectivity index is 2.53. The summed E-state index contributed by atoms with van der Waals surface area (Å²) in [5.41, 5.74) is -0.175.